The quantitative estimate of drug-likeness (QED) is 0.794. The van der Waals surface area contributed by atoms with E-state index in [1.54, 1.807) is 19.1 Å². The van der Waals surface area contributed by atoms with Crippen LogP contribution in [0.4, 0.5) is 0 Å². The number of nitrogens with zero attached hydrogens (tertiary/aromatic N) is 3. The van der Waals surface area contributed by atoms with Crippen LogP contribution in [0.5, 0.6) is 0 Å². The molecule has 0 radical (unpaired) electrons. The molecular formula is C15H17N3O4S. The van der Waals surface area contributed by atoms with Gasteiger partial charge in [0.2, 0.25) is 15.9 Å². The summed E-state index contributed by atoms with van der Waals surface area (Å²) >= 11 is 0. The molecule has 8 heteroatoms. The maximum Gasteiger partial charge on any atom is 0.245 e. The average Bonchev–Trinajstić information content (AvgIpc) is 3.16. The largest absolute Gasteiger partial charge is 0.338 e. The Morgan fingerprint density at radius 2 is 2.17 bits per heavy atom. The fourth-order valence-corrected chi connectivity index (χ4v) is 4.43. The number of aryl methyl sites for hydroxylation is 1. The van der Waals surface area contributed by atoms with E-state index in [-0.39, 0.29) is 10.7 Å². The second-order valence-electron chi connectivity index (χ2n) is 5.54. The number of carbonyl (C=O) groups excluding carboxylic acids is 1. The molecule has 1 fully saturated rings. The fourth-order valence-electron chi connectivity index (χ4n) is 2.73. The lowest BCUT2D eigenvalue weighted by atomic mass is 10.2. The molecule has 1 aliphatic rings. The SMILES string of the molecule is CC(=O)c1cccc(S(=O)(=O)N2CCCC2c2nc(C)no2)c1. The van der Waals surface area contributed by atoms with E-state index in [9.17, 15) is 13.2 Å². The van der Waals surface area contributed by atoms with Crippen molar-refractivity contribution in [3.8, 4) is 0 Å². The Kier molecular flexibility index (Phi) is 4.03. The number of carbonyl (C=O) groups is 1. The lowest BCUT2D eigenvalue weighted by Gasteiger charge is -2.21. The highest BCUT2D eigenvalue weighted by atomic mass is 32.2. The molecule has 1 aromatic carbocycles. The number of sulfonamides is 1. The number of aromatic nitrogens is 2. The first-order valence-corrected chi connectivity index (χ1v) is 8.76. The maximum absolute atomic E-state index is 12.9. The Bertz CT molecular complexity index is 844. The van der Waals surface area contributed by atoms with Gasteiger partial charge in [0, 0.05) is 12.1 Å². The van der Waals surface area contributed by atoms with Crippen molar-refractivity contribution < 1.29 is 17.7 Å². The predicted molar refractivity (Wildman–Crippen MR) is 81.3 cm³/mol. The van der Waals surface area contributed by atoms with E-state index in [1.807, 2.05) is 0 Å². The van der Waals surface area contributed by atoms with E-state index < -0.39 is 16.1 Å². The van der Waals surface area contributed by atoms with Gasteiger partial charge in [-0.25, -0.2) is 8.42 Å². The standard InChI is InChI=1S/C15H17N3O4S/c1-10(19)12-5-3-6-13(9-12)23(20,21)18-8-4-7-14(18)15-16-11(2)17-22-15/h3,5-6,9,14H,4,7-8H2,1-2H3. The summed E-state index contributed by atoms with van der Waals surface area (Å²) < 4.78 is 32.4. The first-order valence-electron chi connectivity index (χ1n) is 7.32. The molecule has 0 bridgehead atoms. The van der Waals surface area contributed by atoms with Crippen molar-refractivity contribution in [2.24, 2.45) is 0 Å². The third-order valence-electron chi connectivity index (χ3n) is 3.88. The van der Waals surface area contributed by atoms with Crippen LogP contribution in [0.3, 0.4) is 0 Å². The Morgan fingerprint density at radius 1 is 1.39 bits per heavy atom. The number of hydrogen-bond donors (Lipinski definition) is 0. The van der Waals surface area contributed by atoms with Gasteiger partial charge in [0.25, 0.3) is 0 Å². The molecule has 0 amide bonds. The molecule has 3 rings (SSSR count). The summed E-state index contributed by atoms with van der Waals surface area (Å²) in [7, 11) is -3.73. The summed E-state index contributed by atoms with van der Waals surface area (Å²) in [5.41, 5.74) is 0.371. The average molecular weight is 335 g/mol. The summed E-state index contributed by atoms with van der Waals surface area (Å²) in [6.45, 7) is 3.49. The smallest absolute Gasteiger partial charge is 0.245 e. The first kappa shape index (κ1) is 15.8. The monoisotopic (exact) mass is 335 g/mol. The van der Waals surface area contributed by atoms with E-state index in [1.165, 1.54) is 23.4 Å². The number of ketones is 1. The van der Waals surface area contributed by atoms with E-state index >= 15 is 0 Å². The van der Waals surface area contributed by atoms with Gasteiger partial charge in [0.05, 0.1) is 4.90 Å². The molecular weight excluding hydrogens is 318 g/mol. The molecule has 7 nitrogen and oxygen atoms in total. The van der Waals surface area contributed by atoms with Gasteiger partial charge in [-0.2, -0.15) is 9.29 Å². The third kappa shape index (κ3) is 2.91. The van der Waals surface area contributed by atoms with E-state index in [4.69, 9.17) is 4.52 Å². The Morgan fingerprint density at radius 3 is 2.83 bits per heavy atom. The van der Waals surface area contributed by atoms with Crippen LogP contribution in [0, 0.1) is 6.92 Å². The van der Waals surface area contributed by atoms with Crippen molar-refractivity contribution in [2.45, 2.75) is 37.6 Å². The minimum atomic E-state index is -3.73. The molecule has 2 heterocycles. The molecule has 23 heavy (non-hydrogen) atoms. The van der Waals surface area contributed by atoms with Crippen LogP contribution < -0.4 is 0 Å². The van der Waals surface area contributed by atoms with E-state index in [2.05, 4.69) is 10.1 Å². The summed E-state index contributed by atoms with van der Waals surface area (Å²) in [5.74, 6) is 0.613. The highest BCUT2D eigenvalue weighted by molar-refractivity contribution is 7.89. The lowest BCUT2D eigenvalue weighted by molar-refractivity contribution is 0.101. The van der Waals surface area contributed by atoms with Gasteiger partial charge in [-0.3, -0.25) is 4.79 Å². The van der Waals surface area contributed by atoms with Crippen molar-refractivity contribution in [1.29, 1.82) is 0 Å². The van der Waals surface area contributed by atoms with E-state index in [0.717, 1.165) is 6.42 Å². The van der Waals surface area contributed by atoms with Crippen molar-refractivity contribution in [2.75, 3.05) is 6.54 Å². The number of benzene rings is 1. The van der Waals surface area contributed by atoms with Gasteiger partial charge in [-0.1, -0.05) is 17.3 Å². The van der Waals surface area contributed by atoms with Gasteiger partial charge in [0.1, 0.15) is 6.04 Å². The number of rotatable bonds is 4. The van der Waals surface area contributed by atoms with Crippen molar-refractivity contribution >= 4 is 15.8 Å². The Labute approximate surface area is 134 Å². The third-order valence-corrected chi connectivity index (χ3v) is 5.78. The maximum atomic E-state index is 12.9. The number of Topliss-reactive ketones (excluding diaryl/α,β-unsaturated/α-hetero) is 1. The normalized spacial score (nSPS) is 19.1. The molecule has 1 atom stereocenters. The first-order chi connectivity index (χ1) is 10.9. The van der Waals surface area contributed by atoms with E-state index in [0.29, 0.717) is 30.2 Å². The molecule has 1 unspecified atom stereocenters. The molecule has 1 saturated heterocycles. The predicted octanol–water partition coefficient (Wildman–Crippen LogP) is 2.11. The second kappa shape index (κ2) is 5.86. The van der Waals surface area contributed by atoms with Gasteiger partial charge in [0.15, 0.2) is 11.6 Å². The molecule has 0 aliphatic carbocycles. The second-order valence-corrected chi connectivity index (χ2v) is 7.43. The minimum absolute atomic E-state index is 0.105. The molecule has 2 aromatic rings. The van der Waals surface area contributed by atoms with Crippen molar-refractivity contribution in [3.05, 3.63) is 41.5 Å². The summed E-state index contributed by atoms with van der Waals surface area (Å²) in [6.07, 6.45) is 1.35. The van der Waals surface area contributed by atoms with Gasteiger partial charge < -0.3 is 4.52 Å². The van der Waals surface area contributed by atoms with Crippen LogP contribution in [-0.4, -0.2) is 35.2 Å². The highest BCUT2D eigenvalue weighted by Gasteiger charge is 2.39. The summed E-state index contributed by atoms with van der Waals surface area (Å²) in [4.78, 5) is 15.8. The van der Waals surface area contributed by atoms with Gasteiger partial charge in [-0.15, -0.1) is 0 Å². The zero-order chi connectivity index (χ0) is 16.6. The minimum Gasteiger partial charge on any atom is -0.338 e. The number of hydrogen-bond acceptors (Lipinski definition) is 6. The zero-order valence-corrected chi connectivity index (χ0v) is 13.7. The zero-order valence-electron chi connectivity index (χ0n) is 12.9. The van der Waals surface area contributed by atoms with Gasteiger partial charge in [-0.05, 0) is 38.8 Å². The Hall–Kier alpha value is -2.06. The molecule has 0 saturated carbocycles. The summed E-state index contributed by atoms with van der Waals surface area (Å²) in [5, 5.41) is 3.74. The Balaban J connectivity index is 1.98. The fraction of sp³-hybridized carbons (Fsp3) is 0.400. The van der Waals surface area contributed by atoms with Crippen LogP contribution in [0.25, 0.3) is 0 Å². The van der Waals surface area contributed by atoms with Crippen LogP contribution in [0.1, 0.15) is 47.9 Å². The van der Waals surface area contributed by atoms with Gasteiger partial charge >= 0.3 is 0 Å². The molecule has 0 spiro atoms. The highest BCUT2D eigenvalue weighted by Crippen LogP contribution is 2.35. The topological polar surface area (TPSA) is 93.4 Å². The van der Waals surface area contributed by atoms with Crippen molar-refractivity contribution in [1.82, 2.24) is 14.4 Å². The molecule has 1 aliphatic heterocycles. The van der Waals surface area contributed by atoms with Crippen LogP contribution in [0.15, 0.2) is 33.7 Å². The van der Waals surface area contributed by atoms with Crippen LogP contribution in [-0.2, 0) is 10.0 Å². The molecule has 122 valence electrons. The lowest BCUT2D eigenvalue weighted by Crippen LogP contribution is -2.31. The van der Waals surface area contributed by atoms with Crippen molar-refractivity contribution in [3.63, 3.8) is 0 Å². The molecule has 1 aromatic heterocycles. The summed E-state index contributed by atoms with van der Waals surface area (Å²) in [6, 6.07) is 5.63. The van der Waals surface area contributed by atoms with Crippen LogP contribution >= 0.6 is 0 Å². The molecule has 0 N–H and O–H groups in total. The van der Waals surface area contributed by atoms with Crippen LogP contribution in [0.2, 0.25) is 0 Å².